The average molecular weight is 338 g/mol. The first kappa shape index (κ1) is 13.5. The van der Waals surface area contributed by atoms with Gasteiger partial charge in [0.15, 0.2) is 11.5 Å². The fraction of sp³-hybridized carbons (Fsp3) is 0.400. The lowest BCUT2D eigenvalue weighted by Crippen LogP contribution is -2.30. The van der Waals surface area contributed by atoms with Gasteiger partial charge in [0.2, 0.25) is 12.7 Å². The van der Waals surface area contributed by atoms with Crippen molar-refractivity contribution in [3.05, 3.63) is 34.3 Å². The highest BCUT2D eigenvalue weighted by Gasteiger charge is 2.20. The minimum atomic E-state index is 0.109. The number of nitrogens with one attached hydrogen (secondary N) is 1. The summed E-state index contributed by atoms with van der Waals surface area (Å²) in [6, 6.07) is 3.86. The summed E-state index contributed by atoms with van der Waals surface area (Å²) in [5.74, 6) is 1.70. The Kier molecular flexibility index (Phi) is 3.96. The van der Waals surface area contributed by atoms with Crippen LogP contribution in [0.25, 0.3) is 0 Å². The summed E-state index contributed by atoms with van der Waals surface area (Å²) in [4.78, 5) is 12.1. The molecule has 1 N–H and O–H groups in total. The number of allylic oxidation sites excluding steroid dienone is 2. The Morgan fingerprint density at radius 2 is 2.25 bits per heavy atom. The minimum Gasteiger partial charge on any atom is -0.454 e. The summed E-state index contributed by atoms with van der Waals surface area (Å²) >= 11 is 3.45. The van der Waals surface area contributed by atoms with Gasteiger partial charge in [-0.3, -0.25) is 4.79 Å². The number of amides is 1. The molecule has 0 aromatic heterocycles. The van der Waals surface area contributed by atoms with E-state index in [-0.39, 0.29) is 18.6 Å². The van der Waals surface area contributed by atoms with Gasteiger partial charge in [-0.15, -0.1) is 0 Å². The molecule has 1 aliphatic heterocycles. The van der Waals surface area contributed by atoms with Crippen LogP contribution in [0.3, 0.4) is 0 Å². The van der Waals surface area contributed by atoms with Gasteiger partial charge in [0.05, 0.1) is 4.47 Å². The number of carbonyl (C=O) groups excluding carboxylic acids is 1. The normalized spacial score (nSPS) is 19.9. The number of rotatable bonds is 3. The second kappa shape index (κ2) is 5.87. The highest BCUT2D eigenvalue weighted by molar-refractivity contribution is 9.10. The maximum atomic E-state index is 12.1. The van der Waals surface area contributed by atoms with E-state index in [1.54, 1.807) is 0 Å². The number of benzene rings is 1. The average Bonchev–Trinajstić information content (AvgIpc) is 2.94. The molecule has 0 radical (unpaired) electrons. The van der Waals surface area contributed by atoms with E-state index in [9.17, 15) is 4.79 Å². The second-order valence-corrected chi connectivity index (χ2v) is 5.86. The third-order valence-corrected chi connectivity index (χ3v) is 4.18. The van der Waals surface area contributed by atoms with Gasteiger partial charge in [-0.2, -0.15) is 0 Å². The molecule has 5 heteroatoms. The molecule has 1 aromatic carbocycles. The van der Waals surface area contributed by atoms with E-state index < -0.39 is 0 Å². The molecular formula is C15H16BrNO3. The Hall–Kier alpha value is -1.49. The molecule has 1 atom stereocenters. The topological polar surface area (TPSA) is 47.6 Å². The molecule has 0 saturated heterocycles. The fourth-order valence-electron chi connectivity index (χ4n) is 2.49. The Labute approximate surface area is 126 Å². The summed E-state index contributed by atoms with van der Waals surface area (Å²) in [5, 5.41) is 3.00. The van der Waals surface area contributed by atoms with Crippen LogP contribution in [0.1, 0.15) is 24.8 Å². The third kappa shape index (κ3) is 2.82. The Balaban J connectivity index is 1.62. The summed E-state index contributed by atoms with van der Waals surface area (Å²) in [7, 11) is 0. The van der Waals surface area contributed by atoms with Gasteiger partial charge in [-0.25, -0.2) is 0 Å². The molecule has 0 fully saturated rings. The van der Waals surface area contributed by atoms with Crippen molar-refractivity contribution < 1.29 is 14.3 Å². The number of fused-ring (bicyclic) bond motifs is 1. The van der Waals surface area contributed by atoms with E-state index in [0.29, 0.717) is 6.54 Å². The minimum absolute atomic E-state index is 0.109. The molecule has 1 aliphatic carbocycles. The lowest BCUT2D eigenvalue weighted by atomic mass is 9.93. The third-order valence-electron chi connectivity index (χ3n) is 3.59. The molecule has 0 unspecified atom stereocenters. The van der Waals surface area contributed by atoms with Crippen molar-refractivity contribution in [3.8, 4) is 11.5 Å². The number of ether oxygens (including phenoxy) is 2. The largest absolute Gasteiger partial charge is 0.454 e. The van der Waals surface area contributed by atoms with Gasteiger partial charge in [0, 0.05) is 12.5 Å². The van der Waals surface area contributed by atoms with E-state index in [0.717, 1.165) is 40.8 Å². The van der Waals surface area contributed by atoms with Crippen LogP contribution in [0.4, 0.5) is 0 Å². The van der Waals surface area contributed by atoms with Crippen LogP contribution in [0, 0.1) is 5.92 Å². The first-order valence-electron chi connectivity index (χ1n) is 6.75. The quantitative estimate of drug-likeness (QED) is 0.862. The Bertz CT molecular complexity index is 556. The lowest BCUT2D eigenvalue weighted by molar-refractivity contribution is -0.125. The van der Waals surface area contributed by atoms with Crippen LogP contribution in [0.15, 0.2) is 28.8 Å². The van der Waals surface area contributed by atoms with Crippen molar-refractivity contribution in [1.82, 2.24) is 5.32 Å². The van der Waals surface area contributed by atoms with Gasteiger partial charge in [-0.1, -0.05) is 12.2 Å². The van der Waals surface area contributed by atoms with Crippen molar-refractivity contribution in [3.63, 3.8) is 0 Å². The highest BCUT2D eigenvalue weighted by atomic mass is 79.9. The van der Waals surface area contributed by atoms with Crippen LogP contribution in [-0.2, 0) is 11.3 Å². The summed E-state index contributed by atoms with van der Waals surface area (Å²) in [5.41, 5.74) is 1.00. The highest BCUT2D eigenvalue weighted by Crippen LogP contribution is 2.39. The zero-order valence-electron chi connectivity index (χ0n) is 11.0. The number of hydrogen-bond donors (Lipinski definition) is 1. The molecule has 0 spiro atoms. The predicted molar refractivity (Wildman–Crippen MR) is 78.6 cm³/mol. The number of halogens is 1. The van der Waals surface area contributed by atoms with E-state index in [4.69, 9.17) is 9.47 Å². The van der Waals surface area contributed by atoms with Crippen molar-refractivity contribution >= 4 is 21.8 Å². The van der Waals surface area contributed by atoms with Crippen molar-refractivity contribution in [2.45, 2.75) is 25.8 Å². The van der Waals surface area contributed by atoms with Gasteiger partial charge in [-0.05, 0) is 52.9 Å². The molecule has 1 heterocycles. The smallest absolute Gasteiger partial charge is 0.231 e. The van der Waals surface area contributed by atoms with E-state index in [2.05, 4.69) is 33.4 Å². The van der Waals surface area contributed by atoms with Gasteiger partial charge < -0.3 is 14.8 Å². The standard InChI is InChI=1S/C15H16BrNO3/c16-12-6-10(7-13-14(12)20-9-19-13)8-17-15(18)11-4-2-1-3-5-11/h1-2,6-7,11H,3-5,8-9H2,(H,17,18)/t11-/m1/s1. The van der Waals surface area contributed by atoms with Gasteiger partial charge in [0.25, 0.3) is 0 Å². The van der Waals surface area contributed by atoms with Crippen molar-refractivity contribution in [2.75, 3.05) is 6.79 Å². The molecule has 20 heavy (non-hydrogen) atoms. The number of carbonyl (C=O) groups is 1. The van der Waals surface area contributed by atoms with Crippen LogP contribution < -0.4 is 14.8 Å². The van der Waals surface area contributed by atoms with Crippen molar-refractivity contribution in [2.24, 2.45) is 5.92 Å². The first-order chi connectivity index (χ1) is 9.74. The SMILES string of the molecule is O=C(NCc1cc(Br)c2c(c1)OCO2)[C@@H]1CC=CCC1. The molecule has 3 rings (SSSR count). The molecular weight excluding hydrogens is 322 g/mol. The summed E-state index contributed by atoms with van der Waals surface area (Å²) in [6.45, 7) is 0.756. The Morgan fingerprint density at radius 1 is 1.35 bits per heavy atom. The number of hydrogen-bond acceptors (Lipinski definition) is 3. The molecule has 1 amide bonds. The monoisotopic (exact) mass is 337 g/mol. The predicted octanol–water partition coefficient (Wildman–Crippen LogP) is 3.15. The van der Waals surface area contributed by atoms with Crippen molar-refractivity contribution in [1.29, 1.82) is 0 Å². The summed E-state index contributed by atoms with van der Waals surface area (Å²) in [6.07, 6.45) is 7.00. The molecule has 0 bridgehead atoms. The Morgan fingerprint density at radius 3 is 3.05 bits per heavy atom. The van der Waals surface area contributed by atoms with Crippen LogP contribution in [0.5, 0.6) is 11.5 Å². The maximum Gasteiger partial charge on any atom is 0.231 e. The maximum absolute atomic E-state index is 12.1. The first-order valence-corrected chi connectivity index (χ1v) is 7.54. The zero-order valence-corrected chi connectivity index (χ0v) is 12.6. The van der Waals surface area contributed by atoms with Crippen LogP contribution in [0.2, 0.25) is 0 Å². The molecule has 2 aliphatic rings. The molecule has 1 aromatic rings. The van der Waals surface area contributed by atoms with Gasteiger partial charge >= 0.3 is 0 Å². The van der Waals surface area contributed by atoms with Crippen LogP contribution in [-0.4, -0.2) is 12.7 Å². The summed E-state index contributed by atoms with van der Waals surface area (Å²) < 4.78 is 11.6. The zero-order chi connectivity index (χ0) is 13.9. The van der Waals surface area contributed by atoms with E-state index >= 15 is 0 Å². The molecule has 4 nitrogen and oxygen atoms in total. The van der Waals surface area contributed by atoms with Gasteiger partial charge in [0.1, 0.15) is 0 Å². The van der Waals surface area contributed by atoms with E-state index in [1.165, 1.54) is 0 Å². The van der Waals surface area contributed by atoms with E-state index in [1.807, 2.05) is 12.1 Å². The fourth-order valence-corrected chi connectivity index (χ4v) is 3.09. The van der Waals surface area contributed by atoms with Crippen LogP contribution >= 0.6 is 15.9 Å². The molecule has 0 saturated carbocycles. The second-order valence-electron chi connectivity index (χ2n) is 5.01. The lowest BCUT2D eigenvalue weighted by Gasteiger charge is -2.17. The molecule has 106 valence electrons.